The molecular weight excluding hydrogens is 267 g/mol. The third-order valence-corrected chi connectivity index (χ3v) is 3.00. The number of anilines is 1. The number of nitrogens with zero attached hydrogens (tertiary/aromatic N) is 1. The molecule has 1 heterocycles. The third kappa shape index (κ3) is 3.00. The summed E-state index contributed by atoms with van der Waals surface area (Å²) in [7, 11) is 0. The highest BCUT2D eigenvalue weighted by atomic mass is 19.1. The van der Waals surface area contributed by atoms with Crippen molar-refractivity contribution in [2.24, 2.45) is 0 Å². The van der Waals surface area contributed by atoms with Crippen LogP contribution in [0.5, 0.6) is 11.5 Å². The van der Waals surface area contributed by atoms with E-state index in [2.05, 4.69) is 4.98 Å². The van der Waals surface area contributed by atoms with Gasteiger partial charge in [-0.3, -0.25) is 4.98 Å². The maximum Gasteiger partial charge on any atom is 0.137 e. The topological polar surface area (TPSA) is 48.1 Å². The van der Waals surface area contributed by atoms with Gasteiger partial charge in [-0.2, -0.15) is 0 Å². The molecular formula is C17H13FN2O. The van der Waals surface area contributed by atoms with E-state index in [9.17, 15) is 4.39 Å². The van der Waals surface area contributed by atoms with E-state index in [1.54, 1.807) is 36.7 Å². The molecule has 1 aromatic heterocycles. The minimum atomic E-state index is -0.348. The van der Waals surface area contributed by atoms with Crippen molar-refractivity contribution in [2.75, 3.05) is 5.73 Å². The van der Waals surface area contributed by atoms with Gasteiger partial charge in [0, 0.05) is 41.3 Å². The normalized spacial score (nSPS) is 10.3. The first kappa shape index (κ1) is 13.1. The van der Waals surface area contributed by atoms with Crippen LogP contribution in [0.4, 0.5) is 10.1 Å². The fourth-order valence-corrected chi connectivity index (χ4v) is 2.04. The van der Waals surface area contributed by atoms with Crippen LogP contribution in [-0.2, 0) is 0 Å². The number of nitrogen functional groups attached to an aromatic ring is 1. The quantitative estimate of drug-likeness (QED) is 0.729. The fraction of sp³-hybridized carbons (Fsp3) is 0. The average molecular weight is 280 g/mol. The van der Waals surface area contributed by atoms with Gasteiger partial charge in [0.1, 0.15) is 17.3 Å². The molecule has 0 radical (unpaired) electrons. The largest absolute Gasteiger partial charge is 0.457 e. The first-order valence-corrected chi connectivity index (χ1v) is 6.46. The monoisotopic (exact) mass is 280 g/mol. The highest BCUT2D eigenvalue weighted by Gasteiger charge is 2.09. The van der Waals surface area contributed by atoms with E-state index >= 15 is 0 Å². The number of pyridine rings is 1. The Morgan fingerprint density at radius 3 is 2.67 bits per heavy atom. The third-order valence-electron chi connectivity index (χ3n) is 3.00. The Hall–Kier alpha value is -2.88. The molecule has 104 valence electrons. The Labute approximate surface area is 121 Å². The molecule has 21 heavy (non-hydrogen) atoms. The highest BCUT2D eigenvalue weighted by molar-refractivity contribution is 5.72. The Morgan fingerprint density at radius 1 is 1.00 bits per heavy atom. The van der Waals surface area contributed by atoms with E-state index in [0.29, 0.717) is 17.2 Å². The molecule has 2 aromatic carbocycles. The van der Waals surface area contributed by atoms with Crippen molar-refractivity contribution in [1.29, 1.82) is 0 Å². The summed E-state index contributed by atoms with van der Waals surface area (Å²) in [5, 5.41) is 0. The summed E-state index contributed by atoms with van der Waals surface area (Å²) >= 11 is 0. The van der Waals surface area contributed by atoms with Gasteiger partial charge in [0.2, 0.25) is 0 Å². The van der Waals surface area contributed by atoms with Crippen molar-refractivity contribution in [3.05, 3.63) is 72.8 Å². The van der Waals surface area contributed by atoms with Gasteiger partial charge in [-0.25, -0.2) is 4.39 Å². The summed E-state index contributed by atoms with van der Waals surface area (Å²) < 4.78 is 19.0. The summed E-state index contributed by atoms with van der Waals surface area (Å²) in [4.78, 5) is 4.10. The number of hydrogen-bond acceptors (Lipinski definition) is 3. The Morgan fingerprint density at radius 2 is 1.90 bits per heavy atom. The predicted molar refractivity (Wildman–Crippen MR) is 80.6 cm³/mol. The Kier molecular flexibility index (Phi) is 3.51. The maximum atomic E-state index is 13.3. The van der Waals surface area contributed by atoms with E-state index in [0.717, 1.165) is 11.1 Å². The number of halogens is 1. The lowest BCUT2D eigenvalue weighted by molar-refractivity contribution is 0.479. The van der Waals surface area contributed by atoms with Gasteiger partial charge in [-0.15, -0.1) is 0 Å². The molecule has 2 N–H and O–H groups in total. The molecule has 3 nitrogen and oxygen atoms in total. The molecule has 0 aliphatic heterocycles. The van der Waals surface area contributed by atoms with Crippen LogP contribution in [0, 0.1) is 5.82 Å². The lowest BCUT2D eigenvalue weighted by Crippen LogP contribution is -1.92. The minimum absolute atomic E-state index is 0.348. The zero-order valence-electron chi connectivity index (χ0n) is 11.2. The van der Waals surface area contributed by atoms with E-state index in [1.165, 1.54) is 12.1 Å². The molecule has 0 aliphatic carbocycles. The highest BCUT2D eigenvalue weighted by Crippen LogP contribution is 2.34. The first-order valence-electron chi connectivity index (χ1n) is 6.46. The molecule has 0 atom stereocenters. The van der Waals surface area contributed by atoms with Crippen LogP contribution in [0.15, 0.2) is 67.0 Å². The van der Waals surface area contributed by atoms with Crippen LogP contribution in [0.25, 0.3) is 11.1 Å². The summed E-state index contributed by atoms with van der Waals surface area (Å²) in [5.41, 5.74) is 8.15. The predicted octanol–water partition coefficient (Wildman–Crippen LogP) is 4.26. The molecule has 0 saturated heterocycles. The smallest absolute Gasteiger partial charge is 0.137 e. The lowest BCUT2D eigenvalue weighted by Gasteiger charge is -2.12. The van der Waals surface area contributed by atoms with Crippen LogP contribution < -0.4 is 10.5 Å². The standard InChI is InChI=1S/C17H13FN2O/c18-13-4-1-5-15(9-13)21-17-10-14(19)6-7-16(17)12-3-2-8-20-11-12/h1-11H,19H2. The maximum absolute atomic E-state index is 13.3. The molecule has 4 heteroatoms. The van der Waals surface area contributed by atoms with Crippen molar-refractivity contribution >= 4 is 5.69 Å². The van der Waals surface area contributed by atoms with Gasteiger partial charge in [0.05, 0.1) is 0 Å². The summed E-state index contributed by atoms with van der Waals surface area (Å²) in [5.74, 6) is 0.638. The van der Waals surface area contributed by atoms with Crippen LogP contribution >= 0.6 is 0 Å². The second-order valence-corrected chi connectivity index (χ2v) is 4.56. The zero-order valence-corrected chi connectivity index (χ0v) is 11.2. The molecule has 0 saturated carbocycles. The number of aromatic nitrogens is 1. The van der Waals surface area contributed by atoms with E-state index in [1.807, 2.05) is 18.2 Å². The van der Waals surface area contributed by atoms with Crippen LogP contribution in [0.2, 0.25) is 0 Å². The number of rotatable bonds is 3. The van der Waals surface area contributed by atoms with Gasteiger partial charge < -0.3 is 10.5 Å². The molecule has 0 bridgehead atoms. The first-order chi connectivity index (χ1) is 10.2. The minimum Gasteiger partial charge on any atom is -0.457 e. The summed E-state index contributed by atoms with van der Waals surface area (Å²) in [6.07, 6.45) is 3.44. The van der Waals surface area contributed by atoms with Gasteiger partial charge in [0.15, 0.2) is 0 Å². The van der Waals surface area contributed by atoms with Gasteiger partial charge in [0.25, 0.3) is 0 Å². The van der Waals surface area contributed by atoms with Crippen LogP contribution in [-0.4, -0.2) is 4.98 Å². The van der Waals surface area contributed by atoms with Crippen LogP contribution in [0.3, 0.4) is 0 Å². The molecule has 0 fully saturated rings. The van der Waals surface area contributed by atoms with Crippen molar-refractivity contribution in [3.63, 3.8) is 0 Å². The van der Waals surface area contributed by atoms with E-state index in [-0.39, 0.29) is 5.82 Å². The molecule has 3 rings (SSSR count). The lowest BCUT2D eigenvalue weighted by atomic mass is 10.1. The van der Waals surface area contributed by atoms with Gasteiger partial charge in [-0.05, 0) is 30.3 Å². The average Bonchev–Trinajstić information content (AvgIpc) is 2.48. The molecule has 0 amide bonds. The van der Waals surface area contributed by atoms with Crippen LogP contribution in [0.1, 0.15) is 0 Å². The summed E-state index contributed by atoms with van der Waals surface area (Å²) in [6.45, 7) is 0. The molecule has 0 spiro atoms. The van der Waals surface area contributed by atoms with Crippen molar-refractivity contribution in [3.8, 4) is 22.6 Å². The zero-order chi connectivity index (χ0) is 14.7. The van der Waals surface area contributed by atoms with Crippen molar-refractivity contribution < 1.29 is 9.13 Å². The van der Waals surface area contributed by atoms with Crippen molar-refractivity contribution in [2.45, 2.75) is 0 Å². The van der Waals surface area contributed by atoms with E-state index < -0.39 is 0 Å². The number of hydrogen-bond donors (Lipinski definition) is 1. The van der Waals surface area contributed by atoms with Gasteiger partial charge >= 0.3 is 0 Å². The second kappa shape index (κ2) is 5.63. The Balaban J connectivity index is 2.03. The molecule has 0 aliphatic rings. The molecule has 3 aromatic rings. The number of nitrogens with two attached hydrogens (primary N) is 1. The molecule has 0 unspecified atom stereocenters. The van der Waals surface area contributed by atoms with Gasteiger partial charge in [-0.1, -0.05) is 12.1 Å². The number of benzene rings is 2. The fourth-order valence-electron chi connectivity index (χ4n) is 2.04. The second-order valence-electron chi connectivity index (χ2n) is 4.56. The van der Waals surface area contributed by atoms with Crippen molar-refractivity contribution in [1.82, 2.24) is 4.98 Å². The number of ether oxygens (including phenoxy) is 1. The van der Waals surface area contributed by atoms with E-state index in [4.69, 9.17) is 10.5 Å². The SMILES string of the molecule is Nc1ccc(-c2cccnc2)c(Oc2cccc(F)c2)c1. The summed E-state index contributed by atoms with van der Waals surface area (Å²) in [6, 6.07) is 15.1. The Bertz CT molecular complexity index is 760.